The van der Waals surface area contributed by atoms with Crippen LogP contribution in [0, 0.1) is 17.5 Å². The van der Waals surface area contributed by atoms with Gasteiger partial charge in [0, 0.05) is 17.2 Å². The van der Waals surface area contributed by atoms with Crippen LogP contribution in [0.25, 0.3) is 21.8 Å². The van der Waals surface area contributed by atoms with E-state index >= 15 is 4.39 Å². The summed E-state index contributed by atoms with van der Waals surface area (Å²) in [6.45, 7) is 5.75. The van der Waals surface area contributed by atoms with Gasteiger partial charge in [0.15, 0.2) is 10.7 Å². The lowest BCUT2D eigenvalue weighted by Gasteiger charge is -2.14. The minimum Gasteiger partial charge on any atom is -0.305 e. The van der Waals surface area contributed by atoms with Crippen molar-refractivity contribution in [3.63, 3.8) is 0 Å². The maximum atomic E-state index is 15.7. The van der Waals surface area contributed by atoms with Crippen LogP contribution in [-0.4, -0.2) is 23.4 Å². The molecule has 35 heavy (non-hydrogen) atoms. The fourth-order valence-electron chi connectivity index (χ4n) is 3.24. The number of halogens is 3. The Morgan fingerprint density at radius 1 is 1.00 bits per heavy atom. The standard InChI is InChI=1S/C23H19F3N4O3S2/c1-23(2,3)21-29-18(19(34-21)16-10-11-27-22(31)28-16)12-6-4-9-15(17(12)26)30-35(32,33)20-13(24)7-5-8-14(20)25/h4-11,30H,1-3H3,(H,27,28,31). The molecule has 0 radical (unpaired) electrons. The molecule has 2 aromatic carbocycles. The summed E-state index contributed by atoms with van der Waals surface area (Å²) in [7, 11) is -4.80. The highest BCUT2D eigenvalue weighted by molar-refractivity contribution is 7.92. The van der Waals surface area contributed by atoms with Crippen molar-refractivity contribution < 1.29 is 21.6 Å². The van der Waals surface area contributed by atoms with Crippen LogP contribution in [0.1, 0.15) is 25.8 Å². The molecule has 0 aliphatic heterocycles. The Morgan fingerprint density at radius 3 is 2.29 bits per heavy atom. The molecule has 0 unspecified atom stereocenters. The van der Waals surface area contributed by atoms with Gasteiger partial charge < -0.3 is 4.98 Å². The fourth-order valence-corrected chi connectivity index (χ4v) is 5.55. The van der Waals surface area contributed by atoms with Crippen molar-refractivity contribution in [2.24, 2.45) is 0 Å². The molecule has 0 amide bonds. The largest absolute Gasteiger partial charge is 0.345 e. The number of aromatic amines is 1. The molecule has 0 bridgehead atoms. The first-order valence-corrected chi connectivity index (χ1v) is 12.5. The minimum atomic E-state index is -4.80. The molecule has 4 rings (SSSR count). The quantitative estimate of drug-likeness (QED) is 0.382. The first-order valence-electron chi connectivity index (χ1n) is 10.2. The number of H-pyrrole nitrogens is 1. The molecule has 0 saturated heterocycles. The molecule has 2 N–H and O–H groups in total. The van der Waals surface area contributed by atoms with Crippen molar-refractivity contribution in [2.75, 3.05) is 4.72 Å². The van der Waals surface area contributed by atoms with E-state index in [1.54, 1.807) is 0 Å². The number of rotatable bonds is 5. The minimum absolute atomic E-state index is 0.0707. The lowest BCUT2D eigenvalue weighted by molar-refractivity contribution is 0.521. The lowest BCUT2D eigenvalue weighted by atomic mass is 9.98. The van der Waals surface area contributed by atoms with Gasteiger partial charge in [0.25, 0.3) is 10.0 Å². The molecular formula is C23H19F3N4O3S2. The fraction of sp³-hybridized carbons (Fsp3) is 0.174. The van der Waals surface area contributed by atoms with Crippen LogP contribution in [-0.2, 0) is 15.4 Å². The van der Waals surface area contributed by atoms with E-state index in [0.29, 0.717) is 15.6 Å². The number of nitrogens with zero attached hydrogens (tertiary/aromatic N) is 2. The van der Waals surface area contributed by atoms with Crippen LogP contribution in [0.4, 0.5) is 18.9 Å². The number of nitrogens with one attached hydrogen (secondary N) is 2. The second-order valence-corrected chi connectivity index (χ2v) is 11.2. The molecule has 0 aliphatic rings. The van der Waals surface area contributed by atoms with E-state index in [2.05, 4.69) is 15.0 Å². The molecule has 4 aromatic rings. The van der Waals surface area contributed by atoms with Gasteiger partial charge in [-0.2, -0.15) is 0 Å². The highest BCUT2D eigenvalue weighted by Crippen LogP contribution is 2.41. The summed E-state index contributed by atoms with van der Waals surface area (Å²) < 4.78 is 71.1. The average Bonchev–Trinajstić information content (AvgIpc) is 3.21. The van der Waals surface area contributed by atoms with Crippen LogP contribution in [0.3, 0.4) is 0 Å². The SMILES string of the molecule is CC(C)(C)c1nc(-c2cccc(NS(=O)(=O)c3c(F)cccc3F)c2F)c(-c2ccnc(=O)[nH]2)s1. The zero-order valence-electron chi connectivity index (χ0n) is 18.7. The lowest BCUT2D eigenvalue weighted by Crippen LogP contribution is -2.17. The third-order valence-corrected chi connectivity index (χ3v) is 7.80. The monoisotopic (exact) mass is 520 g/mol. The van der Waals surface area contributed by atoms with Gasteiger partial charge in [-0.25, -0.2) is 36.4 Å². The zero-order chi connectivity index (χ0) is 25.5. The number of anilines is 1. The van der Waals surface area contributed by atoms with E-state index < -0.39 is 49.2 Å². The molecule has 7 nitrogen and oxygen atoms in total. The van der Waals surface area contributed by atoms with Crippen LogP contribution in [0.2, 0.25) is 0 Å². The van der Waals surface area contributed by atoms with Gasteiger partial charge in [-0.3, -0.25) is 4.72 Å². The Kier molecular flexibility index (Phi) is 6.28. The van der Waals surface area contributed by atoms with E-state index in [0.717, 1.165) is 24.3 Å². The number of hydrogen-bond donors (Lipinski definition) is 2. The predicted octanol–water partition coefficient (Wildman–Crippen LogP) is 5.08. The third-order valence-electron chi connectivity index (χ3n) is 4.87. The van der Waals surface area contributed by atoms with Gasteiger partial charge in [-0.1, -0.05) is 32.9 Å². The third kappa shape index (κ3) is 4.84. The van der Waals surface area contributed by atoms with Crippen molar-refractivity contribution in [3.8, 4) is 21.8 Å². The highest BCUT2D eigenvalue weighted by atomic mass is 32.2. The summed E-state index contributed by atoms with van der Waals surface area (Å²) in [5, 5.41) is 0.638. The van der Waals surface area contributed by atoms with Crippen LogP contribution in [0.15, 0.2) is 58.4 Å². The van der Waals surface area contributed by atoms with Crippen LogP contribution < -0.4 is 10.4 Å². The first kappa shape index (κ1) is 24.6. The van der Waals surface area contributed by atoms with E-state index in [1.807, 2.05) is 25.5 Å². The van der Waals surface area contributed by atoms with Crippen LogP contribution >= 0.6 is 11.3 Å². The summed E-state index contributed by atoms with van der Waals surface area (Å²) in [4.78, 5) is 21.8. The van der Waals surface area contributed by atoms with Gasteiger partial charge >= 0.3 is 5.69 Å². The number of benzene rings is 2. The van der Waals surface area contributed by atoms with Gasteiger partial charge in [-0.15, -0.1) is 11.3 Å². The Labute approximate surface area is 202 Å². The Balaban J connectivity index is 1.86. The van der Waals surface area contributed by atoms with Gasteiger partial charge in [0.05, 0.1) is 27.0 Å². The van der Waals surface area contributed by atoms with Gasteiger partial charge in [0.1, 0.15) is 11.6 Å². The number of sulfonamides is 1. The van der Waals surface area contributed by atoms with Crippen molar-refractivity contribution in [2.45, 2.75) is 31.1 Å². The predicted molar refractivity (Wildman–Crippen MR) is 127 cm³/mol. The molecule has 2 heterocycles. The normalized spacial score (nSPS) is 12.1. The Morgan fingerprint density at radius 2 is 1.66 bits per heavy atom. The molecule has 0 spiro atoms. The maximum absolute atomic E-state index is 15.7. The van der Waals surface area contributed by atoms with Gasteiger partial charge in [0.2, 0.25) is 0 Å². The topological polar surface area (TPSA) is 105 Å². The Bertz CT molecular complexity index is 1570. The molecule has 0 atom stereocenters. The second kappa shape index (κ2) is 8.93. The van der Waals surface area contributed by atoms with E-state index in [4.69, 9.17) is 0 Å². The number of thiazole rings is 1. The molecule has 2 aromatic heterocycles. The molecule has 0 aliphatic carbocycles. The average molecular weight is 521 g/mol. The Hall–Kier alpha value is -3.51. The highest BCUT2D eigenvalue weighted by Gasteiger charge is 2.28. The summed E-state index contributed by atoms with van der Waals surface area (Å²) in [5.74, 6) is -3.63. The molecule has 12 heteroatoms. The number of hydrogen-bond acceptors (Lipinski definition) is 6. The summed E-state index contributed by atoms with van der Waals surface area (Å²) in [6, 6.07) is 8.02. The summed E-state index contributed by atoms with van der Waals surface area (Å²) >= 11 is 1.24. The smallest absolute Gasteiger partial charge is 0.305 e. The van der Waals surface area contributed by atoms with Gasteiger partial charge in [-0.05, 0) is 30.3 Å². The number of aromatic nitrogens is 3. The first-order chi connectivity index (χ1) is 16.4. The maximum Gasteiger partial charge on any atom is 0.345 e. The van der Waals surface area contributed by atoms with E-state index in [1.165, 1.54) is 35.7 Å². The molecule has 182 valence electrons. The van der Waals surface area contributed by atoms with Crippen molar-refractivity contribution in [1.82, 2.24) is 15.0 Å². The van der Waals surface area contributed by atoms with E-state index in [9.17, 15) is 22.0 Å². The molecular weight excluding hydrogens is 501 g/mol. The van der Waals surface area contributed by atoms with Crippen molar-refractivity contribution >= 4 is 27.0 Å². The van der Waals surface area contributed by atoms with Crippen LogP contribution in [0.5, 0.6) is 0 Å². The van der Waals surface area contributed by atoms with Crippen molar-refractivity contribution in [3.05, 3.63) is 81.6 Å². The molecule has 0 fully saturated rings. The van der Waals surface area contributed by atoms with E-state index in [-0.39, 0.29) is 11.3 Å². The zero-order valence-corrected chi connectivity index (χ0v) is 20.3. The second-order valence-electron chi connectivity index (χ2n) is 8.56. The molecule has 0 saturated carbocycles. The van der Waals surface area contributed by atoms with Crippen molar-refractivity contribution in [1.29, 1.82) is 0 Å². The summed E-state index contributed by atoms with van der Waals surface area (Å²) in [5.41, 5.74) is -1.09. The summed E-state index contributed by atoms with van der Waals surface area (Å²) in [6.07, 6.45) is 1.30.